The van der Waals surface area contributed by atoms with Gasteiger partial charge in [0.1, 0.15) is 23.3 Å². The number of halogens is 6. The van der Waals surface area contributed by atoms with E-state index in [9.17, 15) is 64.7 Å². The molecule has 788 valence electrons. The lowest BCUT2D eigenvalue weighted by molar-refractivity contribution is -0.141. The summed E-state index contributed by atoms with van der Waals surface area (Å²) in [5.41, 5.74) is 15.0. The zero-order valence-corrected chi connectivity index (χ0v) is 87.7. The molecule has 0 unspecified atom stereocenters. The van der Waals surface area contributed by atoms with Crippen molar-refractivity contribution in [1.29, 1.82) is 0 Å². The van der Waals surface area contributed by atoms with Crippen LogP contribution in [0.1, 0.15) is 422 Å². The minimum Gasteiger partial charge on any atom is -0.491 e. The molecule has 7 N–H and O–H groups in total. The molecule has 0 radical (unpaired) electrons. The minimum atomic E-state index is -0.817. The van der Waals surface area contributed by atoms with Crippen molar-refractivity contribution in [3.63, 3.8) is 0 Å². The number of unbranched alkanes of at least 4 members (excludes halogenated alkanes) is 13. The molecule has 142 heavy (non-hydrogen) atoms. The van der Waals surface area contributed by atoms with E-state index in [0.717, 1.165) is 155 Å². The van der Waals surface area contributed by atoms with Crippen LogP contribution in [0.25, 0.3) is 0 Å². The quantitative estimate of drug-likeness (QED) is 0.0106. The van der Waals surface area contributed by atoms with Gasteiger partial charge < -0.3 is 50.0 Å². The Bertz CT molecular complexity index is 4750. The summed E-state index contributed by atoms with van der Waals surface area (Å²) in [5.74, 6) is -2.87. The number of carboxylic acid groups (broad SMARTS) is 7. The Morgan fingerprint density at radius 3 is 0.676 bits per heavy atom. The summed E-state index contributed by atoms with van der Waals surface area (Å²) in [5, 5.41) is 59.5. The van der Waals surface area contributed by atoms with Crippen molar-refractivity contribution in [3.8, 4) is 11.5 Å². The van der Waals surface area contributed by atoms with Crippen molar-refractivity contribution in [1.82, 2.24) is 0 Å². The molecule has 0 fully saturated rings. The molecule has 8 aromatic carbocycles. The zero-order valence-electron chi connectivity index (χ0n) is 87.7. The van der Waals surface area contributed by atoms with E-state index in [1.165, 1.54) is 64.8 Å². The number of ether oxygens (including phenoxy) is 3. The first-order chi connectivity index (χ1) is 67.2. The highest BCUT2D eigenvalue weighted by molar-refractivity contribution is 5.69. The maximum Gasteiger partial charge on any atom is 0.305 e. The summed E-state index contributed by atoms with van der Waals surface area (Å²) >= 11 is 0. The average molecular weight is 1990 g/mol. The number of carboxylic acids is 7. The van der Waals surface area contributed by atoms with Gasteiger partial charge in [-0.15, -0.1) is 0 Å². The Hall–Kier alpha value is -11.3. The molecule has 0 heterocycles. The third-order valence-corrected chi connectivity index (χ3v) is 23.6. The van der Waals surface area contributed by atoms with Gasteiger partial charge in [0, 0.05) is 51.4 Å². The normalized spacial score (nSPS) is 10.8. The number of aliphatic carboxylic acids is 7. The van der Waals surface area contributed by atoms with Gasteiger partial charge in [-0.3, -0.25) is 38.4 Å². The van der Waals surface area contributed by atoms with Crippen LogP contribution in [-0.2, 0) is 81.6 Å². The fourth-order valence-corrected chi connectivity index (χ4v) is 14.4. The van der Waals surface area contributed by atoms with E-state index in [2.05, 4.69) is 136 Å². The highest BCUT2D eigenvalue weighted by Gasteiger charge is 2.16. The Morgan fingerprint density at radius 1 is 0.218 bits per heavy atom. The van der Waals surface area contributed by atoms with Gasteiger partial charge in [-0.25, -0.2) is 26.3 Å². The summed E-state index contributed by atoms with van der Waals surface area (Å²) in [6.07, 6.45) is 23.2. The van der Waals surface area contributed by atoms with Crippen LogP contribution in [-0.4, -0.2) is 104 Å². The second kappa shape index (κ2) is 75.5. The Labute approximate surface area is 843 Å². The van der Waals surface area contributed by atoms with Gasteiger partial charge in [0.25, 0.3) is 0 Å². The van der Waals surface area contributed by atoms with E-state index in [0.29, 0.717) is 137 Å². The highest BCUT2D eigenvalue weighted by atomic mass is 19.1. The van der Waals surface area contributed by atoms with Crippen molar-refractivity contribution in [3.05, 3.63) is 271 Å². The van der Waals surface area contributed by atoms with Gasteiger partial charge in [0.05, 0.1) is 20.3 Å². The maximum absolute atomic E-state index is 13.7. The van der Waals surface area contributed by atoms with Crippen LogP contribution in [0.15, 0.2) is 158 Å². The minimum absolute atomic E-state index is 0.123. The number of carbonyl (C=O) groups is 8. The van der Waals surface area contributed by atoms with Gasteiger partial charge in [-0.1, -0.05) is 252 Å². The van der Waals surface area contributed by atoms with Crippen LogP contribution >= 0.6 is 0 Å². The van der Waals surface area contributed by atoms with Gasteiger partial charge in [-0.2, -0.15) is 0 Å². The van der Waals surface area contributed by atoms with E-state index in [-0.39, 0.29) is 90.9 Å². The van der Waals surface area contributed by atoms with Crippen LogP contribution in [0.2, 0.25) is 0 Å². The van der Waals surface area contributed by atoms with E-state index in [4.69, 9.17) is 45.2 Å². The van der Waals surface area contributed by atoms with Crippen LogP contribution in [0.3, 0.4) is 0 Å². The van der Waals surface area contributed by atoms with Crippen molar-refractivity contribution in [2.45, 2.75) is 383 Å². The molecular weight excluding hydrogens is 1820 g/mol. The number of hydrogen-bond donors (Lipinski definition) is 7. The summed E-state index contributed by atoms with van der Waals surface area (Å²) in [6.45, 7) is 34.4. The van der Waals surface area contributed by atoms with Crippen LogP contribution < -0.4 is 9.47 Å². The molecule has 0 spiro atoms. The molecule has 0 amide bonds. The van der Waals surface area contributed by atoms with E-state index < -0.39 is 41.8 Å². The molecule has 0 aliphatic carbocycles. The standard InChI is InChI=1S/2C16H23FO2.C15H21FO3.C15H21FO2.C15H22O2.C14H19FO3.C14H19FO2.C13H18O2/c1-12(2)13-9-10-15(17)14(11-13)7-5-4-6-8-16(18)19-3;1-12(2)13-9-10-15(17)14(11-13)7-5-3-4-6-8-16(18)19;1-11(2)12-7-8-13(16)14(10-12)19-9-5-3-4-6-15(17)18;1-11(2)12-8-9-14(16)13(10-12)6-4-3-5-7-15(17)18;1-12(2)14-10-8-13(9-11-14)6-4-3-5-7-15(16)17;1-10(2)11-6-7-12(15)13(9-11)18-8-4-3-5-14(16)17;1-10(2)11-7-8-13(15)12(9-11)5-3-4-6-14(16)17;1-10(2)12-8-6-11(7-9-12)4-3-5-13(14)15/h9-12H,4-8H2,1-3H3;9-12H,3-8H2,1-2H3,(H,18,19);7-8,10-11H,3-6,9H2,1-2H3,(H,17,18);8-11H,3-7H2,1-2H3,(H,17,18);8-12H,3-7H2,1-2H3,(H,16,17);6-7,9-10H,3-5,8H2,1-2H3,(H,16,17);7-10H,3-6H2,1-2H3,(H,16,17);6-10H,3-5H2,1-2H3,(H,14,15). The summed E-state index contributed by atoms with van der Waals surface area (Å²) in [7, 11) is 1.40. The van der Waals surface area contributed by atoms with Crippen molar-refractivity contribution < 1.29 is 115 Å². The average Bonchev–Trinajstić information content (AvgIpc) is 0.883. The molecule has 0 aliphatic rings. The van der Waals surface area contributed by atoms with E-state index >= 15 is 0 Å². The molecule has 18 nitrogen and oxygen atoms in total. The number of benzene rings is 8. The number of aryl methyl sites for hydroxylation is 6. The first-order valence-corrected chi connectivity index (χ1v) is 51.0. The Balaban J connectivity index is 0.000000812. The largest absolute Gasteiger partial charge is 0.491 e. The van der Waals surface area contributed by atoms with Gasteiger partial charge in [-0.05, 0) is 315 Å². The van der Waals surface area contributed by atoms with Crippen LogP contribution in [0, 0.1) is 34.9 Å². The molecule has 0 bridgehead atoms. The Morgan fingerprint density at radius 2 is 0.408 bits per heavy atom. The first-order valence-electron chi connectivity index (χ1n) is 51.0. The molecule has 0 saturated carbocycles. The second-order valence-corrected chi connectivity index (χ2v) is 38.5. The van der Waals surface area contributed by atoms with Gasteiger partial charge in [0.2, 0.25) is 0 Å². The topological polar surface area (TPSA) is 306 Å². The van der Waals surface area contributed by atoms with Crippen LogP contribution in [0.5, 0.6) is 11.5 Å². The SMILES string of the molecule is CC(C)c1ccc(CCCC(=O)O)cc1.CC(C)c1ccc(CCCCCC(=O)O)cc1.CC(C)c1ccc(F)c(CCCCC(=O)O)c1.CC(C)c1ccc(F)c(CCCCCC(=O)O)c1.CC(C)c1ccc(F)c(CCCCCCC(=O)O)c1.CC(C)c1ccc(F)c(OCCCCC(=O)O)c1.CC(C)c1ccc(F)c(OCCCCCC(=O)O)c1.COC(=O)CCCCCc1cc(C(C)C)ccc1F. The molecule has 0 saturated heterocycles. The van der Waals surface area contributed by atoms with Crippen molar-refractivity contribution in [2.75, 3.05) is 20.3 Å². The van der Waals surface area contributed by atoms with Crippen molar-refractivity contribution >= 4 is 47.8 Å². The lowest BCUT2D eigenvalue weighted by atomic mass is 9.97. The number of hydrogen-bond acceptors (Lipinski definition) is 11. The van der Waals surface area contributed by atoms with E-state index in [1.807, 2.05) is 70.2 Å². The molecule has 8 aromatic rings. The fourth-order valence-electron chi connectivity index (χ4n) is 14.4. The smallest absolute Gasteiger partial charge is 0.305 e. The molecule has 0 atom stereocenters. The molecule has 8 rings (SSSR count). The predicted molar refractivity (Wildman–Crippen MR) is 557 cm³/mol. The monoisotopic (exact) mass is 1990 g/mol. The zero-order chi connectivity index (χ0) is 107. The van der Waals surface area contributed by atoms with Crippen LogP contribution in [0.4, 0.5) is 26.3 Å². The lowest BCUT2D eigenvalue weighted by Crippen LogP contribution is -2.02. The molecular formula is C118H166F6O18. The number of methoxy groups -OCH3 is 1. The Kier molecular flexibility index (Phi) is 68.4. The predicted octanol–water partition coefficient (Wildman–Crippen LogP) is 31.4. The summed E-state index contributed by atoms with van der Waals surface area (Å²) in [6, 6.07) is 48.2. The molecule has 0 aromatic heterocycles. The van der Waals surface area contributed by atoms with Gasteiger partial charge >= 0.3 is 47.8 Å². The second-order valence-electron chi connectivity index (χ2n) is 38.5. The third kappa shape index (κ3) is 62.2. The molecule has 0 aliphatic heterocycles. The fraction of sp³-hybridized carbons (Fsp3) is 0.525. The number of esters is 1. The maximum atomic E-state index is 13.7. The molecule has 24 heteroatoms. The van der Waals surface area contributed by atoms with Gasteiger partial charge in [0.15, 0.2) is 23.1 Å². The highest BCUT2D eigenvalue weighted by Crippen LogP contribution is 2.30. The summed E-state index contributed by atoms with van der Waals surface area (Å²) in [4.78, 5) is 83.3. The third-order valence-electron chi connectivity index (χ3n) is 23.6. The van der Waals surface area contributed by atoms with Crippen molar-refractivity contribution in [2.24, 2.45) is 0 Å². The first kappa shape index (κ1) is 129. The summed E-state index contributed by atoms with van der Waals surface area (Å²) < 4.78 is 96.7. The number of carbonyl (C=O) groups excluding carboxylic acids is 1. The lowest BCUT2D eigenvalue weighted by Gasteiger charge is -2.11. The number of rotatable bonds is 55. The van der Waals surface area contributed by atoms with E-state index in [1.54, 1.807) is 42.5 Å².